The van der Waals surface area contributed by atoms with Crippen LogP contribution in [0.2, 0.25) is 0 Å². The lowest BCUT2D eigenvalue weighted by atomic mass is 10.2. The summed E-state index contributed by atoms with van der Waals surface area (Å²) in [6.45, 7) is 3.70. The molecule has 3 heterocycles. The van der Waals surface area contributed by atoms with Crippen LogP contribution < -0.4 is 5.73 Å². The monoisotopic (exact) mass is 249 g/mol. The number of nitrogens with zero attached hydrogens (tertiary/aromatic N) is 4. The quantitative estimate of drug-likeness (QED) is 0.884. The van der Waals surface area contributed by atoms with Crippen molar-refractivity contribution >= 4 is 17.1 Å². The maximum absolute atomic E-state index is 6.02. The van der Waals surface area contributed by atoms with Gasteiger partial charge in [0.1, 0.15) is 5.52 Å². The first-order valence-corrected chi connectivity index (χ1v) is 6.50. The van der Waals surface area contributed by atoms with Crippen LogP contribution in [-0.4, -0.2) is 32.0 Å². The van der Waals surface area contributed by atoms with Gasteiger partial charge >= 0.3 is 0 Å². The minimum absolute atomic E-state index is 0.254. The Morgan fingerprint density at radius 2 is 2.33 bits per heavy atom. The smallest absolute Gasteiger partial charge is 0.202 e. The molecule has 0 aromatic carbocycles. The van der Waals surface area contributed by atoms with Crippen molar-refractivity contribution in [2.45, 2.75) is 38.8 Å². The van der Waals surface area contributed by atoms with Crippen molar-refractivity contribution in [1.29, 1.82) is 0 Å². The number of aryl methyl sites for hydroxylation is 2. The molecule has 1 aliphatic rings. The Kier molecular flexibility index (Phi) is 2.74. The van der Waals surface area contributed by atoms with Crippen LogP contribution in [0.5, 0.6) is 0 Å². The van der Waals surface area contributed by atoms with Gasteiger partial charge in [0.05, 0.1) is 18.3 Å². The Morgan fingerprint density at radius 3 is 3.00 bits per heavy atom. The van der Waals surface area contributed by atoms with Gasteiger partial charge in [-0.25, -0.2) is 4.98 Å². The number of rotatable bonds is 3. The molecule has 0 saturated carbocycles. The van der Waals surface area contributed by atoms with Crippen LogP contribution in [0.25, 0.3) is 11.2 Å². The highest BCUT2D eigenvalue weighted by Crippen LogP contribution is 2.23. The van der Waals surface area contributed by atoms with Crippen LogP contribution in [0.15, 0.2) is 0 Å². The molecule has 3 rings (SSSR count). The first-order valence-electron chi connectivity index (χ1n) is 6.50. The zero-order valence-corrected chi connectivity index (χ0v) is 10.9. The van der Waals surface area contributed by atoms with Gasteiger partial charge in [0.25, 0.3) is 0 Å². The molecule has 1 unspecified atom stereocenters. The van der Waals surface area contributed by atoms with Crippen LogP contribution in [0.3, 0.4) is 0 Å². The Morgan fingerprint density at radius 1 is 1.50 bits per heavy atom. The minimum Gasteiger partial charge on any atom is -0.376 e. The summed E-state index contributed by atoms with van der Waals surface area (Å²) in [5.74, 6) is 0.559. The van der Waals surface area contributed by atoms with E-state index in [1.165, 1.54) is 0 Å². The third-order valence-corrected chi connectivity index (χ3v) is 3.57. The summed E-state index contributed by atoms with van der Waals surface area (Å²) in [5.41, 5.74) is 8.95. The molecule has 2 aromatic heterocycles. The molecule has 2 N–H and O–H groups in total. The summed E-state index contributed by atoms with van der Waals surface area (Å²) in [7, 11) is 1.94. The third kappa shape index (κ3) is 1.68. The maximum atomic E-state index is 6.02. The van der Waals surface area contributed by atoms with E-state index in [0.717, 1.165) is 49.3 Å². The van der Waals surface area contributed by atoms with E-state index < -0.39 is 0 Å². The zero-order chi connectivity index (χ0) is 12.7. The lowest BCUT2D eigenvalue weighted by molar-refractivity contribution is 0.0981. The van der Waals surface area contributed by atoms with Crippen molar-refractivity contribution < 1.29 is 4.74 Å². The zero-order valence-electron chi connectivity index (χ0n) is 10.9. The van der Waals surface area contributed by atoms with E-state index in [-0.39, 0.29) is 6.10 Å². The van der Waals surface area contributed by atoms with Gasteiger partial charge in [-0.3, -0.25) is 9.25 Å². The fourth-order valence-electron chi connectivity index (χ4n) is 2.67. The predicted octanol–water partition coefficient (Wildman–Crippen LogP) is 1.09. The van der Waals surface area contributed by atoms with Crippen molar-refractivity contribution in [3.8, 4) is 0 Å². The molecule has 0 amide bonds. The number of hydrogen-bond donors (Lipinski definition) is 1. The largest absolute Gasteiger partial charge is 0.376 e. The lowest BCUT2D eigenvalue weighted by Gasteiger charge is -2.12. The first kappa shape index (κ1) is 11.5. The Labute approximate surface area is 106 Å². The average molecular weight is 249 g/mol. The van der Waals surface area contributed by atoms with Crippen LogP contribution >= 0.6 is 0 Å². The molecule has 0 spiro atoms. The molecular formula is C12H19N5O. The van der Waals surface area contributed by atoms with Gasteiger partial charge in [-0.1, -0.05) is 6.92 Å². The molecule has 1 atom stereocenters. The van der Waals surface area contributed by atoms with Gasteiger partial charge in [-0.15, -0.1) is 0 Å². The van der Waals surface area contributed by atoms with Gasteiger partial charge in [0.2, 0.25) is 5.95 Å². The SMILES string of the molecule is CCc1nn(C)c2c1nc(N)n2CC1CCCO1. The highest BCUT2D eigenvalue weighted by Gasteiger charge is 2.22. The number of nitrogen functional groups attached to an aromatic ring is 1. The van der Waals surface area contributed by atoms with Crippen molar-refractivity contribution in [2.75, 3.05) is 12.3 Å². The van der Waals surface area contributed by atoms with Crippen molar-refractivity contribution in [1.82, 2.24) is 19.3 Å². The molecule has 0 aliphatic carbocycles. The lowest BCUT2D eigenvalue weighted by Crippen LogP contribution is -2.17. The number of ether oxygens (including phenoxy) is 1. The number of anilines is 1. The molecular weight excluding hydrogens is 230 g/mol. The van der Waals surface area contributed by atoms with E-state index >= 15 is 0 Å². The predicted molar refractivity (Wildman–Crippen MR) is 69.3 cm³/mol. The summed E-state index contributed by atoms with van der Waals surface area (Å²) < 4.78 is 9.56. The van der Waals surface area contributed by atoms with Crippen molar-refractivity contribution in [2.24, 2.45) is 7.05 Å². The van der Waals surface area contributed by atoms with E-state index in [4.69, 9.17) is 10.5 Å². The molecule has 1 aliphatic heterocycles. The highest BCUT2D eigenvalue weighted by atomic mass is 16.5. The first-order chi connectivity index (χ1) is 8.70. The Hall–Kier alpha value is -1.56. The van der Waals surface area contributed by atoms with Gasteiger partial charge in [0.15, 0.2) is 5.65 Å². The van der Waals surface area contributed by atoms with Crippen LogP contribution in [-0.2, 0) is 24.8 Å². The molecule has 2 aromatic rings. The summed E-state index contributed by atoms with van der Waals surface area (Å²) in [6.07, 6.45) is 3.35. The molecule has 18 heavy (non-hydrogen) atoms. The maximum Gasteiger partial charge on any atom is 0.202 e. The molecule has 6 heteroatoms. The fraction of sp³-hybridized carbons (Fsp3) is 0.667. The highest BCUT2D eigenvalue weighted by molar-refractivity contribution is 5.77. The van der Waals surface area contributed by atoms with Gasteiger partial charge < -0.3 is 10.5 Å². The number of hydrogen-bond acceptors (Lipinski definition) is 4. The van der Waals surface area contributed by atoms with Crippen molar-refractivity contribution in [3.05, 3.63) is 5.69 Å². The molecule has 98 valence electrons. The molecule has 1 fully saturated rings. The number of nitrogens with two attached hydrogens (primary N) is 1. The summed E-state index contributed by atoms with van der Waals surface area (Å²) in [6, 6.07) is 0. The standard InChI is InChI=1S/C12H19N5O/c1-3-9-10-11(16(2)15-9)17(12(13)14-10)7-8-5-4-6-18-8/h8H,3-7H2,1-2H3,(H2,13,14). The number of imidazole rings is 1. The third-order valence-electron chi connectivity index (χ3n) is 3.57. The Bertz CT molecular complexity index is 565. The van der Waals surface area contributed by atoms with E-state index in [1.807, 2.05) is 16.3 Å². The van der Waals surface area contributed by atoms with Crippen LogP contribution in [0.1, 0.15) is 25.5 Å². The average Bonchev–Trinajstić information content (AvgIpc) is 3.01. The van der Waals surface area contributed by atoms with Gasteiger partial charge in [-0.05, 0) is 19.3 Å². The van der Waals surface area contributed by atoms with E-state index in [1.54, 1.807) is 0 Å². The minimum atomic E-state index is 0.254. The topological polar surface area (TPSA) is 70.9 Å². The summed E-state index contributed by atoms with van der Waals surface area (Å²) in [4.78, 5) is 4.45. The fourth-order valence-corrected chi connectivity index (χ4v) is 2.67. The summed E-state index contributed by atoms with van der Waals surface area (Å²) >= 11 is 0. The Balaban J connectivity index is 2.04. The van der Waals surface area contributed by atoms with Crippen molar-refractivity contribution in [3.63, 3.8) is 0 Å². The molecule has 1 saturated heterocycles. The van der Waals surface area contributed by atoms with Gasteiger partial charge in [0, 0.05) is 13.7 Å². The van der Waals surface area contributed by atoms with Crippen LogP contribution in [0.4, 0.5) is 5.95 Å². The second kappa shape index (κ2) is 4.28. The molecule has 0 bridgehead atoms. The van der Waals surface area contributed by atoms with E-state index in [0.29, 0.717) is 5.95 Å². The second-order valence-corrected chi connectivity index (χ2v) is 4.81. The number of fused-ring (bicyclic) bond motifs is 1. The van der Waals surface area contributed by atoms with E-state index in [2.05, 4.69) is 17.0 Å². The molecule has 0 radical (unpaired) electrons. The van der Waals surface area contributed by atoms with E-state index in [9.17, 15) is 0 Å². The normalized spacial score (nSPS) is 20.0. The van der Waals surface area contributed by atoms with Crippen LogP contribution in [0, 0.1) is 0 Å². The number of aromatic nitrogens is 4. The van der Waals surface area contributed by atoms with Gasteiger partial charge in [-0.2, -0.15) is 5.10 Å². The molecule has 6 nitrogen and oxygen atoms in total. The second-order valence-electron chi connectivity index (χ2n) is 4.81. The summed E-state index contributed by atoms with van der Waals surface area (Å²) in [5, 5.41) is 4.48.